The molecule has 0 atom stereocenters. The maximum absolute atomic E-state index is 13.8. The van der Waals surface area contributed by atoms with Crippen molar-refractivity contribution < 1.29 is 9.47 Å². The molecule has 39 heavy (non-hydrogen) atoms. The molecule has 1 aliphatic carbocycles. The van der Waals surface area contributed by atoms with Gasteiger partial charge in [-0.15, -0.1) is 0 Å². The lowest BCUT2D eigenvalue weighted by Gasteiger charge is -2.36. The van der Waals surface area contributed by atoms with Gasteiger partial charge in [0.05, 0.1) is 23.7 Å². The highest BCUT2D eigenvalue weighted by atomic mass is 16.5. The molecule has 0 spiro atoms. The summed E-state index contributed by atoms with van der Waals surface area (Å²) in [7, 11) is 0. The molecule has 0 radical (unpaired) electrons. The minimum atomic E-state index is -0.0344. The zero-order chi connectivity index (χ0) is 26.6. The van der Waals surface area contributed by atoms with Crippen molar-refractivity contribution in [1.82, 2.24) is 24.0 Å². The molecule has 208 valence electrons. The van der Waals surface area contributed by atoms with Crippen molar-refractivity contribution in [3.63, 3.8) is 0 Å². The van der Waals surface area contributed by atoms with Crippen LogP contribution in [-0.2, 0) is 9.47 Å². The first-order chi connectivity index (χ1) is 19.2. The van der Waals surface area contributed by atoms with Gasteiger partial charge in [0.2, 0.25) is 5.95 Å². The summed E-state index contributed by atoms with van der Waals surface area (Å²) in [5.41, 5.74) is 3.46. The summed E-state index contributed by atoms with van der Waals surface area (Å²) in [6.45, 7) is 7.33. The number of anilines is 1. The highest BCUT2D eigenvalue weighted by Crippen LogP contribution is 2.28. The minimum Gasteiger partial charge on any atom is -0.381 e. The van der Waals surface area contributed by atoms with Gasteiger partial charge in [0.1, 0.15) is 0 Å². The van der Waals surface area contributed by atoms with E-state index in [9.17, 15) is 4.79 Å². The van der Waals surface area contributed by atoms with E-state index in [0.29, 0.717) is 31.2 Å². The number of ether oxygens (including phenoxy) is 2. The largest absolute Gasteiger partial charge is 0.381 e. The molecule has 3 aliphatic rings. The molecule has 9 heteroatoms. The fraction of sp³-hybridized carbons (Fsp3) is 0.567. The number of hydrogen-bond donors (Lipinski definition) is 1. The number of imidazole rings is 1. The monoisotopic (exact) mass is 532 g/mol. The van der Waals surface area contributed by atoms with Crippen molar-refractivity contribution in [3.05, 3.63) is 58.8 Å². The van der Waals surface area contributed by atoms with E-state index in [1.54, 1.807) is 10.8 Å². The first-order valence-electron chi connectivity index (χ1n) is 14.6. The van der Waals surface area contributed by atoms with Crippen LogP contribution < -0.4 is 11.0 Å². The van der Waals surface area contributed by atoms with Gasteiger partial charge in [0, 0.05) is 63.4 Å². The molecule has 3 fully saturated rings. The maximum atomic E-state index is 13.8. The highest BCUT2D eigenvalue weighted by Gasteiger charge is 2.27. The maximum Gasteiger partial charge on any atom is 0.333 e. The fourth-order valence-electron chi connectivity index (χ4n) is 6.35. The number of rotatable bonds is 6. The molecule has 0 unspecified atom stereocenters. The number of aromatic nitrogens is 4. The number of nitrogens with one attached hydrogen (secondary N) is 1. The smallest absolute Gasteiger partial charge is 0.333 e. The molecule has 2 saturated heterocycles. The third-order valence-electron chi connectivity index (χ3n) is 8.48. The van der Waals surface area contributed by atoms with Crippen molar-refractivity contribution in [2.24, 2.45) is 0 Å². The Morgan fingerprint density at radius 3 is 2.56 bits per heavy atom. The molecule has 1 aromatic carbocycles. The molecule has 2 aromatic heterocycles. The van der Waals surface area contributed by atoms with Crippen molar-refractivity contribution in [3.8, 4) is 17.1 Å². The van der Waals surface area contributed by atoms with Gasteiger partial charge in [-0.3, -0.25) is 14.0 Å². The second kappa shape index (κ2) is 12.0. The van der Waals surface area contributed by atoms with Gasteiger partial charge < -0.3 is 14.8 Å². The lowest BCUT2D eigenvalue weighted by molar-refractivity contribution is 0.0686. The van der Waals surface area contributed by atoms with Crippen LogP contribution in [0.4, 0.5) is 5.95 Å². The Bertz CT molecular complexity index is 1300. The summed E-state index contributed by atoms with van der Waals surface area (Å²) < 4.78 is 14.9. The van der Waals surface area contributed by atoms with Gasteiger partial charge in [-0.1, -0.05) is 12.1 Å². The number of nitrogens with zero attached hydrogens (tertiary/aromatic N) is 5. The molecule has 3 aromatic rings. The summed E-state index contributed by atoms with van der Waals surface area (Å²) in [5.74, 6) is 0.626. The minimum absolute atomic E-state index is 0.0344. The van der Waals surface area contributed by atoms with Gasteiger partial charge in [0.25, 0.3) is 0 Å². The zero-order valence-electron chi connectivity index (χ0n) is 22.9. The number of aryl methyl sites for hydroxylation is 1. The summed E-state index contributed by atoms with van der Waals surface area (Å²) in [4.78, 5) is 25.9. The Labute approximate surface area is 230 Å². The third kappa shape index (κ3) is 5.95. The highest BCUT2D eigenvalue weighted by molar-refractivity contribution is 5.59. The molecule has 9 nitrogen and oxygen atoms in total. The molecule has 1 N–H and O–H groups in total. The van der Waals surface area contributed by atoms with E-state index in [-0.39, 0.29) is 11.7 Å². The number of benzene rings is 1. The Morgan fingerprint density at radius 2 is 1.74 bits per heavy atom. The van der Waals surface area contributed by atoms with Crippen molar-refractivity contribution >= 4 is 5.95 Å². The van der Waals surface area contributed by atoms with Gasteiger partial charge in [-0.2, -0.15) is 0 Å². The summed E-state index contributed by atoms with van der Waals surface area (Å²) in [6, 6.07) is 11.1. The van der Waals surface area contributed by atoms with E-state index >= 15 is 0 Å². The topological polar surface area (TPSA) is 86.4 Å². The molecular weight excluding hydrogens is 492 g/mol. The lowest BCUT2D eigenvalue weighted by Crippen LogP contribution is -2.41. The van der Waals surface area contributed by atoms with Crippen molar-refractivity contribution in [1.29, 1.82) is 0 Å². The first kappa shape index (κ1) is 26.2. The fourth-order valence-corrected chi connectivity index (χ4v) is 6.35. The van der Waals surface area contributed by atoms with E-state index < -0.39 is 0 Å². The van der Waals surface area contributed by atoms with Crippen LogP contribution in [0.1, 0.15) is 56.6 Å². The van der Waals surface area contributed by atoms with Crippen LogP contribution in [-0.4, -0.2) is 75.6 Å². The van der Waals surface area contributed by atoms with E-state index in [2.05, 4.69) is 21.3 Å². The van der Waals surface area contributed by atoms with Crippen LogP contribution in [0.5, 0.6) is 0 Å². The second-order valence-corrected chi connectivity index (χ2v) is 11.1. The Morgan fingerprint density at radius 1 is 0.923 bits per heavy atom. The lowest BCUT2D eigenvalue weighted by atomic mass is 9.90. The predicted molar refractivity (Wildman–Crippen MR) is 152 cm³/mol. The first-order valence-corrected chi connectivity index (χ1v) is 14.6. The van der Waals surface area contributed by atoms with Crippen LogP contribution in [0.2, 0.25) is 0 Å². The number of hydrogen-bond acceptors (Lipinski definition) is 7. The average molecular weight is 533 g/mol. The van der Waals surface area contributed by atoms with Crippen LogP contribution in [0, 0.1) is 6.92 Å². The molecule has 4 heterocycles. The Hall–Kier alpha value is -3.01. The summed E-state index contributed by atoms with van der Waals surface area (Å²) in [6.07, 6.45) is 11.1. The van der Waals surface area contributed by atoms with E-state index in [4.69, 9.17) is 14.5 Å². The summed E-state index contributed by atoms with van der Waals surface area (Å²) >= 11 is 0. The third-order valence-corrected chi connectivity index (χ3v) is 8.48. The average Bonchev–Trinajstić information content (AvgIpc) is 3.11. The van der Waals surface area contributed by atoms with E-state index in [1.807, 2.05) is 42.0 Å². The zero-order valence-corrected chi connectivity index (χ0v) is 22.9. The summed E-state index contributed by atoms with van der Waals surface area (Å²) in [5, 5.41) is 3.60. The van der Waals surface area contributed by atoms with Crippen molar-refractivity contribution in [2.45, 2.75) is 70.0 Å². The molecule has 2 aliphatic heterocycles. The Kier molecular flexibility index (Phi) is 8.08. The van der Waals surface area contributed by atoms with Crippen LogP contribution in [0.25, 0.3) is 17.1 Å². The van der Waals surface area contributed by atoms with Crippen LogP contribution in [0.15, 0.2) is 47.5 Å². The normalized spacial score (nSPS) is 23.4. The van der Waals surface area contributed by atoms with Gasteiger partial charge >= 0.3 is 5.69 Å². The van der Waals surface area contributed by atoms with Gasteiger partial charge in [-0.25, -0.2) is 14.8 Å². The molecule has 0 bridgehead atoms. The predicted octanol–water partition coefficient (Wildman–Crippen LogP) is 4.20. The van der Waals surface area contributed by atoms with Gasteiger partial charge in [0.15, 0.2) is 0 Å². The van der Waals surface area contributed by atoms with Crippen LogP contribution in [0.3, 0.4) is 0 Å². The van der Waals surface area contributed by atoms with E-state index in [0.717, 1.165) is 81.0 Å². The van der Waals surface area contributed by atoms with Gasteiger partial charge in [-0.05, 0) is 75.6 Å². The molecule has 1 saturated carbocycles. The second-order valence-electron chi connectivity index (χ2n) is 11.1. The quantitative estimate of drug-likeness (QED) is 0.509. The molecule has 6 rings (SSSR count). The van der Waals surface area contributed by atoms with Crippen LogP contribution >= 0.6 is 0 Å². The van der Waals surface area contributed by atoms with E-state index in [1.165, 1.54) is 12.8 Å². The standard InChI is InChI=1S/C30H40N6O3/c1-22-4-2-5-26(20-22)36-28(21-35(30(36)37)25-11-17-39-18-12-25)27-10-13-31-29(33-27)32-23-6-8-24(9-7-23)34-14-3-16-38-19-15-34/h2,4-5,10,13,20-21,23-25H,3,6-9,11-12,14-19H2,1H3,(H,31,32,33). The van der Waals surface area contributed by atoms with Crippen molar-refractivity contribution in [2.75, 3.05) is 44.8 Å². The molecule has 0 amide bonds. The SMILES string of the molecule is Cc1cccc(-n2c(-c3ccnc(NC4CCC(N5CCCOCC5)CC4)n3)cn(C3CCOCC3)c2=O)c1. The molecular formula is C30H40N6O3. The Balaban J connectivity index is 1.23.